The third-order valence-electron chi connectivity index (χ3n) is 6.81. The second kappa shape index (κ2) is 14.0. The molecule has 0 radical (unpaired) electrons. The number of rotatable bonds is 13. The maximum atomic E-state index is 13.9. The van der Waals surface area contributed by atoms with Crippen LogP contribution in [0.1, 0.15) is 47.3 Å². The highest BCUT2D eigenvalue weighted by Gasteiger charge is 2.23. The van der Waals surface area contributed by atoms with Gasteiger partial charge in [0.25, 0.3) is 5.91 Å². The molecule has 0 saturated carbocycles. The number of anilines is 1. The zero-order valence-electron chi connectivity index (χ0n) is 22.9. The summed E-state index contributed by atoms with van der Waals surface area (Å²) in [5, 5.41) is 22.3. The van der Waals surface area contributed by atoms with Gasteiger partial charge in [-0.3, -0.25) is 4.79 Å². The van der Waals surface area contributed by atoms with Crippen molar-refractivity contribution >= 4 is 22.5 Å². The largest absolute Gasteiger partial charge is 0.390 e. The summed E-state index contributed by atoms with van der Waals surface area (Å²) >= 11 is 0. The number of hydrogen-bond acceptors (Lipinski definition) is 5. The van der Waals surface area contributed by atoms with E-state index in [0.29, 0.717) is 23.5 Å². The second-order valence-corrected chi connectivity index (χ2v) is 9.96. The third-order valence-corrected chi connectivity index (χ3v) is 6.81. The van der Waals surface area contributed by atoms with Crippen molar-refractivity contribution in [2.24, 2.45) is 0 Å². The number of benzene rings is 3. The fourth-order valence-corrected chi connectivity index (χ4v) is 4.68. The van der Waals surface area contributed by atoms with Crippen LogP contribution in [-0.4, -0.2) is 41.2 Å². The number of aliphatic hydroxyl groups excluding tert-OH is 1. The van der Waals surface area contributed by atoms with Gasteiger partial charge in [-0.1, -0.05) is 44.2 Å². The number of pyridine rings is 1. The molecule has 0 aliphatic heterocycles. The molecule has 4 aromatic rings. The molecule has 1 amide bonds. The van der Waals surface area contributed by atoms with Crippen LogP contribution in [0.15, 0.2) is 72.9 Å². The van der Waals surface area contributed by atoms with Gasteiger partial charge >= 0.3 is 0 Å². The van der Waals surface area contributed by atoms with Crippen molar-refractivity contribution in [3.8, 4) is 0 Å². The predicted octanol–water partition coefficient (Wildman–Crippen LogP) is 5.39. The molecule has 1 heterocycles. The lowest BCUT2D eigenvalue weighted by atomic mass is 9.99. The Labute approximate surface area is 233 Å². The van der Waals surface area contributed by atoms with Gasteiger partial charge in [-0.05, 0) is 71.7 Å². The zero-order valence-corrected chi connectivity index (χ0v) is 22.9. The highest BCUT2D eigenvalue weighted by Crippen LogP contribution is 2.23. The molecule has 0 bridgehead atoms. The van der Waals surface area contributed by atoms with Gasteiger partial charge in [-0.15, -0.1) is 0 Å². The number of aliphatic hydroxyl groups is 1. The van der Waals surface area contributed by atoms with Crippen LogP contribution in [0.3, 0.4) is 0 Å². The van der Waals surface area contributed by atoms with E-state index < -0.39 is 29.7 Å². The number of carbonyl (C=O) groups is 1. The molecule has 6 nitrogen and oxygen atoms in total. The molecule has 1 aromatic heterocycles. The van der Waals surface area contributed by atoms with Crippen molar-refractivity contribution in [1.82, 2.24) is 15.6 Å². The third kappa shape index (κ3) is 7.83. The highest BCUT2D eigenvalue weighted by atomic mass is 19.1. The van der Waals surface area contributed by atoms with E-state index in [1.807, 2.05) is 24.3 Å². The maximum absolute atomic E-state index is 13.9. The lowest BCUT2D eigenvalue weighted by Crippen LogP contribution is -2.48. The average molecular weight is 547 g/mol. The summed E-state index contributed by atoms with van der Waals surface area (Å²) < 4.78 is 27.8. The van der Waals surface area contributed by atoms with Crippen LogP contribution in [0.25, 0.3) is 10.8 Å². The molecule has 0 saturated heterocycles. The van der Waals surface area contributed by atoms with Gasteiger partial charge in [-0.2, -0.15) is 0 Å². The predicted molar refractivity (Wildman–Crippen MR) is 155 cm³/mol. The molecule has 40 heavy (non-hydrogen) atoms. The van der Waals surface area contributed by atoms with Crippen LogP contribution in [-0.2, 0) is 19.4 Å². The van der Waals surface area contributed by atoms with Gasteiger partial charge < -0.3 is 21.1 Å². The van der Waals surface area contributed by atoms with Gasteiger partial charge in [0.2, 0.25) is 0 Å². The Morgan fingerprint density at radius 1 is 0.950 bits per heavy atom. The van der Waals surface area contributed by atoms with Gasteiger partial charge in [0.1, 0.15) is 17.5 Å². The van der Waals surface area contributed by atoms with Gasteiger partial charge in [0.15, 0.2) is 0 Å². The average Bonchev–Trinajstić information content (AvgIpc) is 2.95. The van der Waals surface area contributed by atoms with Crippen LogP contribution in [0.2, 0.25) is 0 Å². The van der Waals surface area contributed by atoms with Crippen LogP contribution in [0, 0.1) is 11.6 Å². The topological polar surface area (TPSA) is 86.3 Å². The van der Waals surface area contributed by atoms with E-state index in [1.54, 1.807) is 18.3 Å². The first-order valence-corrected chi connectivity index (χ1v) is 13.7. The Hall–Kier alpha value is -3.88. The SMILES string of the molecule is CCCNc1nccc2ccc(C(=O)NC(Cc3cc(F)cc(F)c3)C(O)CNCc3cccc(CC)c3)cc12. The number of nitrogens with zero attached hydrogens (tertiary/aromatic N) is 1. The van der Waals surface area contributed by atoms with Crippen molar-refractivity contribution in [2.75, 3.05) is 18.4 Å². The molecule has 210 valence electrons. The first kappa shape index (κ1) is 29.1. The number of amides is 1. The van der Waals surface area contributed by atoms with Crippen LogP contribution < -0.4 is 16.0 Å². The quantitative estimate of drug-likeness (QED) is 0.181. The number of aromatic nitrogens is 1. The monoisotopic (exact) mass is 546 g/mol. The standard InChI is InChI=1S/C32H36F2N4O2/c1-3-11-36-31-28-17-25(9-8-24(28)10-12-37-31)32(40)38-29(16-23-14-26(33)18-27(34)15-23)30(39)20-35-19-22-7-5-6-21(4-2)13-22/h5-10,12-15,17-18,29-30,35,39H,3-4,11,16,19-20H2,1-2H3,(H,36,37)(H,38,40). The molecule has 4 N–H and O–H groups in total. The highest BCUT2D eigenvalue weighted by molar-refractivity contribution is 6.01. The molecule has 8 heteroatoms. The summed E-state index contributed by atoms with van der Waals surface area (Å²) in [5.74, 6) is -1.13. The maximum Gasteiger partial charge on any atom is 0.251 e. The molecular weight excluding hydrogens is 510 g/mol. The number of carbonyl (C=O) groups excluding carboxylic acids is 1. The van der Waals surface area contributed by atoms with E-state index in [4.69, 9.17) is 0 Å². The van der Waals surface area contributed by atoms with Gasteiger partial charge in [0.05, 0.1) is 12.1 Å². The first-order valence-electron chi connectivity index (χ1n) is 13.7. The van der Waals surface area contributed by atoms with Gasteiger partial charge in [0, 0.05) is 42.8 Å². The fourth-order valence-electron chi connectivity index (χ4n) is 4.68. The first-order chi connectivity index (χ1) is 19.4. The zero-order chi connectivity index (χ0) is 28.5. The molecule has 0 spiro atoms. The van der Waals surface area contributed by atoms with Crippen molar-refractivity contribution in [3.05, 3.63) is 107 Å². The van der Waals surface area contributed by atoms with Crippen molar-refractivity contribution in [3.63, 3.8) is 0 Å². The Bertz CT molecular complexity index is 1430. The van der Waals surface area contributed by atoms with E-state index in [-0.39, 0.29) is 13.0 Å². The molecule has 2 unspecified atom stereocenters. The Morgan fingerprint density at radius 2 is 1.73 bits per heavy atom. The minimum Gasteiger partial charge on any atom is -0.390 e. The number of nitrogens with one attached hydrogen (secondary N) is 3. The van der Waals surface area contributed by atoms with Crippen LogP contribution in [0.4, 0.5) is 14.6 Å². The number of fused-ring (bicyclic) bond motifs is 1. The van der Waals surface area contributed by atoms with E-state index in [0.717, 1.165) is 41.8 Å². The van der Waals surface area contributed by atoms with Crippen molar-refractivity contribution in [1.29, 1.82) is 0 Å². The summed E-state index contributed by atoms with van der Waals surface area (Å²) in [6.07, 6.45) is 2.60. The number of hydrogen-bond donors (Lipinski definition) is 4. The minimum absolute atomic E-state index is 0.0486. The van der Waals surface area contributed by atoms with Crippen LogP contribution >= 0.6 is 0 Å². The Balaban J connectivity index is 1.52. The Kier molecular flexibility index (Phi) is 10.2. The van der Waals surface area contributed by atoms with E-state index >= 15 is 0 Å². The summed E-state index contributed by atoms with van der Waals surface area (Å²) in [6, 6.07) is 17.8. The van der Waals surface area contributed by atoms with Gasteiger partial charge in [-0.25, -0.2) is 13.8 Å². The molecule has 0 fully saturated rings. The van der Waals surface area contributed by atoms with E-state index in [1.165, 1.54) is 17.7 Å². The summed E-state index contributed by atoms with van der Waals surface area (Å²) in [5.41, 5.74) is 3.03. The van der Waals surface area contributed by atoms with E-state index in [9.17, 15) is 18.7 Å². The van der Waals surface area contributed by atoms with E-state index in [2.05, 4.69) is 46.9 Å². The van der Waals surface area contributed by atoms with Crippen molar-refractivity contribution < 1.29 is 18.7 Å². The lowest BCUT2D eigenvalue weighted by molar-refractivity contribution is 0.0830. The number of aryl methyl sites for hydroxylation is 1. The molecular formula is C32H36F2N4O2. The molecule has 4 rings (SSSR count). The number of halogens is 2. The Morgan fingerprint density at radius 3 is 2.48 bits per heavy atom. The second-order valence-electron chi connectivity index (χ2n) is 9.96. The smallest absolute Gasteiger partial charge is 0.251 e. The minimum atomic E-state index is -1.02. The molecule has 0 aliphatic rings. The summed E-state index contributed by atoms with van der Waals surface area (Å²) in [4.78, 5) is 17.8. The van der Waals surface area contributed by atoms with Crippen molar-refractivity contribution in [2.45, 2.75) is 51.8 Å². The molecule has 2 atom stereocenters. The summed E-state index contributed by atoms with van der Waals surface area (Å²) in [7, 11) is 0. The normalized spacial score (nSPS) is 12.7. The lowest BCUT2D eigenvalue weighted by Gasteiger charge is -2.25. The summed E-state index contributed by atoms with van der Waals surface area (Å²) in [6.45, 7) is 5.60. The van der Waals surface area contributed by atoms with Crippen LogP contribution in [0.5, 0.6) is 0 Å². The molecule has 0 aliphatic carbocycles. The fraction of sp³-hybridized carbons (Fsp3) is 0.312. The molecule has 3 aromatic carbocycles.